The Morgan fingerprint density at radius 3 is 2.69 bits per heavy atom. The second kappa shape index (κ2) is 6.48. The van der Waals surface area contributed by atoms with Gasteiger partial charge in [-0.05, 0) is 43.2 Å². The predicted molar refractivity (Wildman–Crippen MR) is 98.8 cm³/mol. The van der Waals surface area contributed by atoms with Gasteiger partial charge in [-0.15, -0.1) is 0 Å². The number of aromatic nitrogens is 4. The maximum atomic E-state index is 5.50. The first kappa shape index (κ1) is 16.1. The molecule has 0 unspecified atom stereocenters. The van der Waals surface area contributed by atoms with Gasteiger partial charge < -0.3 is 9.26 Å². The van der Waals surface area contributed by atoms with E-state index in [2.05, 4.69) is 46.3 Å². The number of ether oxygens (including phenoxy) is 1. The minimum atomic E-state index is 0.421. The van der Waals surface area contributed by atoms with Crippen molar-refractivity contribution in [3.8, 4) is 39.8 Å². The Morgan fingerprint density at radius 1 is 1.00 bits per heavy atom. The number of aryl methyl sites for hydroxylation is 2. The number of nitrogens with zero attached hydrogens (tertiary/aromatic N) is 3. The number of nitrogens with one attached hydrogen (secondary N) is 1. The number of rotatable bonds is 4. The van der Waals surface area contributed by atoms with E-state index in [0.717, 1.165) is 28.1 Å². The van der Waals surface area contributed by atoms with Gasteiger partial charge in [-0.3, -0.25) is 5.10 Å². The molecule has 0 bridgehead atoms. The van der Waals surface area contributed by atoms with Crippen molar-refractivity contribution < 1.29 is 9.26 Å². The molecule has 130 valence electrons. The highest BCUT2D eigenvalue weighted by molar-refractivity contribution is 5.77. The van der Waals surface area contributed by atoms with Crippen LogP contribution in [0.5, 0.6) is 5.75 Å². The lowest BCUT2D eigenvalue weighted by molar-refractivity contribution is 0.415. The fourth-order valence-corrected chi connectivity index (χ4v) is 2.78. The molecule has 4 aromatic rings. The van der Waals surface area contributed by atoms with Crippen LogP contribution in [0.1, 0.15) is 11.1 Å². The SMILES string of the molecule is COc1cccc(-c2[nH]ncc2-c2nc(-c3ccc(C)c(C)c3)no2)c1. The van der Waals surface area contributed by atoms with E-state index >= 15 is 0 Å². The lowest BCUT2D eigenvalue weighted by Crippen LogP contribution is -1.87. The summed E-state index contributed by atoms with van der Waals surface area (Å²) >= 11 is 0. The molecule has 4 rings (SSSR count). The molecular formula is C20H18N4O2. The van der Waals surface area contributed by atoms with E-state index in [-0.39, 0.29) is 0 Å². The molecule has 1 N–H and O–H groups in total. The molecule has 0 radical (unpaired) electrons. The molecule has 0 spiro atoms. The van der Waals surface area contributed by atoms with Crippen LogP contribution in [0.25, 0.3) is 34.1 Å². The van der Waals surface area contributed by atoms with Crippen molar-refractivity contribution in [3.63, 3.8) is 0 Å². The fraction of sp³-hybridized carbons (Fsp3) is 0.150. The van der Waals surface area contributed by atoms with Gasteiger partial charge in [0.05, 0.1) is 24.6 Å². The van der Waals surface area contributed by atoms with E-state index in [9.17, 15) is 0 Å². The van der Waals surface area contributed by atoms with E-state index in [4.69, 9.17) is 9.26 Å². The first-order valence-electron chi connectivity index (χ1n) is 8.25. The van der Waals surface area contributed by atoms with Gasteiger partial charge >= 0.3 is 0 Å². The zero-order valence-electron chi connectivity index (χ0n) is 14.8. The topological polar surface area (TPSA) is 76.8 Å². The van der Waals surface area contributed by atoms with E-state index < -0.39 is 0 Å². The molecule has 0 fully saturated rings. The average Bonchev–Trinajstić information content (AvgIpc) is 3.33. The Bertz CT molecular complexity index is 1070. The number of hydrogen-bond acceptors (Lipinski definition) is 5. The first-order chi connectivity index (χ1) is 12.7. The van der Waals surface area contributed by atoms with E-state index in [1.54, 1.807) is 13.3 Å². The molecule has 0 aliphatic carbocycles. The molecular weight excluding hydrogens is 328 g/mol. The third kappa shape index (κ3) is 2.86. The largest absolute Gasteiger partial charge is 0.497 e. The lowest BCUT2D eigenvalue weighted by Gasteiger charge is -2.03. The number of benzene rings is 2. The van der Waals surface area contributed by atoms with Gasteiger partial charge in [0.25, 0.3) is 5.89 Å². The van der Waals surface area contributed by atoms with Crippen LogP contribution in [-0.2, 0) is 0 Å². The maximum absolute atomic E-state index is 5.50. The predicted octanol–water partition coefficient (Wildman–Crippen LogP) is 4.42. The van der Waals surface area contributed by atoms with Crippen LogP contribution in [0.15, 0.2) is 53.2 Å². The summed E-state index contributed by atoms with van der Waals surface area (Å²) in [6, 6.07) is 13.8. The lowest BCUT2D eigenvalue weighted by atomic mass is 10.1. The van der Waals surface area contributed by atoms with Crippen molar-refractivity contribution in [1.82, 2.24) is 20.3 Å². The second-order valence-corrected chi connectivity index (χ2v) is 6.11. The quantitative estimate of drug-likeness (QED) is 0.592. The van der Waals surface area contributed by atoms with Gasteiger partial charge in [-0.2, -0.15) is 10.1 Å². The highest BCUT2D eigenvalue weighted by atomic mass is 16.5. The standard InChI is InChI=1S/C20H18N4O2/c1-12-7-8-15(9-13(12)2)19-22-20(26-24-19)17-11-21-23-18(17)14-5-4-6-16(10-14)25-3/h4-11H,1-3H3,(H,21,23). The van der Waals surface area contributed by atoms with Gasteiger partial charge in [-0.25, -0.2) is 0 Å². The van der Waals surface area contributed by atoms with E-state index in [1.165, 1.54) is 11.1 Å². The summed E-state index contributed by atoms with van der Waals surface area (Å²) in [4.78, 5) is 4.55. The third-order valence-electron chi connectivity index (χ3n) is 4.42. The number of aromatic amines is 1. The molecule has 0 saturated heterocycles. The Morgan fingerprint density at radius 2 is 1.88 bits per heavy atom. The van der Waals surface area contributed by atoms with Gasteiger partial charge in [0.2, 0.25) is 5.82 Å². The van der Waals surface area contributed by atoms with Crippen molar-refractivity contribution in [3.05, 3.63) is 59.8 Å². The van der Waals surface area contributed by atoms with Crippen molar-refractivity contribution >= 4 is 0 Å². The molecule has 2 heterocycles. The molecule has 0 aliphatic rings. The van der Waals surface area contributed by atoms with E-state index in [1.807, 2.05) is 30.3 Å². The summed E-state index contributed by atoms with van der Waals surface area (Å²) < 4.78 is 10.8. The molecule has 0 amide bonds. The highest BCUT2D eigenvalue weighted by Crippen LogP contribution is 2.32. The zero-order chi connectivity index (χ0) is 18.1. The summed E-state index contributed by atoms with van der Waals surface area (Å²) in [5, 5.41) is 11.3. The van der Waals surface area contributed by atoms with E-state index in [0.29, 0.717) is 11.7 Å². The molecule has 6 nitrogen and oxygen atoms in total. The Labute approximate surface area is 150 Å². The van der Waals surface area contributed by atoms with Crippen molar-refractivity contribution in [2.45, 2.75) is 13.8 Å². The van der Waals surface area contributed by atoms with Crippen LogP contribution in [0.4, 0.5) is 0 Å². The fourth-order valence-electron chi connectivity index (χ4n) is 2.78. The first-order valence-corrected chi connectivity index (χ1v) is 8.25. The summed E-state index contributed by atoms with van der Waals surface area (Å²) in [7, 11) is 1.64. The van der Waals surface area contributed by atoms with Gasteiger partial charge in [0.15, 0.2) is 0 Å². The van der Waals surface area contributed by atoms with Crippen LogP contribution >= 0.6 is 0 Å². The molecule has 0 saturated carbocycles. The van der Waals surface area contributed by atoms with Crippen LogP contribution in [0.2, 0.25) is 0 Å². The summed E-state index contributed by atoms with van der Waals surface area (Å²) in [6.45, 7) is 4.14. The highest BCUT2D eigenvalue weighted by Gasteiger charge is 2.17. The number of methoxy groups -OCH3 is 1. The Hall–Kier alpha value is -3.41. The van der Waals surface area contributed by atoms with Crippen molar-refractivity contribution in [2.75, 3.05) is 7.11 Å². The average molecular weight is 346 g/mol. The van der Waals surface area contributed by atoms with Gasteiger partial charge in [0.1, 0.15) is 5.75 Å². The minimum Gasteiger partial charge on any atom is -0.497 e. The normalized spacial score (nSPS) is 10.9. The van der Waals surface area contributed by atoms with Crippen molar-refractivity contribution in [2.24, 2.45) is 0 Å². The molecule has 6 heteroatoms. The molecule has 0 aliphatic heterocycles. The van der Waals surface area contributed by atoms with Crippen molar-refractivity contribution in [1.29, 1.82) is 0 Å². The minimum absolute atomic E-state index is 0.421. The van der Waals surface area contributed by atoms with Crippen LogP contribution in [0, 0.1) is 13.8 Å². The van der Waals surface area contributed by atoms with Gasteiger partial charge in [0, 0.05) is 11.1 Å². The maximum Gasteiger partial charge on any atom is 0.262 e. The number of hydrogen-bond donors (Lipinski definition) is 1. The molecule has 0 atom stereocenters. The van der Waals surface area contributed by atoms with Crippen LogP contribution in [0.3, 0.4) is 0 Å². The smallest absolute Gasteiger partial charge is 0.262 e. The van der Waals surface area contributed by atoms with Crippen LogP contribution < -0.4 is 4.74 Å². The monoisotopic (exact) mass is 346 g/mol. The summed E-state index contributed by atoms with van der Waals surface area (Å²) in [5.41, 5.74) is 5.83. The molecule has 2 aromatic carbocycles. The number of H-pyrrole nitrogens is 1. The Balaban J connectivity index is 1.73. The third-order valence-corrected chi connectivity index (χ3v) is 4.42. The second-order valence-electron chi connectivity index (χ2n) is 6.11. The zero-order valence-corrected chi connectivity index (χ0v) is 14.8. The molecule has 2 aromatic heterocycles. The summed E-state index contributed by atoms with van der Waals surface area (Å²) in [6.07, 6.45) is 1.69. The Kier molecular flexibility index (Phi) is 4.01. The van der Waals surface area contributed by atoms with Crippen LogP contribution in [-0.4, -0.2) is 27.4 Å². The van der Waals surface area contributed by atoms with Gasteiger partial charge in [-0.1, -0.05) is 29.4 Å². The molecule has 26 heavy (non-hydrogen) atoms. The summed E-state index contributed by atoms with van der Waals surface area (Å²) in [5.74, 6) is 1.75.